The molecule has 0 radical (unpaired) electrons. The SMILES string of the molecule is CCC(C)NC(=O)CCNC(=O)c1cccc(OC)c1O. The van der Waals surface area contributed by atoms with E-state index in [9.17, 15) is 14.7 Å². The molecular weight excluding hydrogens is 272 g/mol. The normalized spacial score (nSPS) is 11.6. The Hall–Kier alpha value is -2.24. The van der Waals surface area contributed by atoms with E-state index in [0.29, 0.717) is 0 Å². The molecule has 1 atom stereocenters. The lowest BCUT2D eigenvalue weighted by Crippen LogP contribution is -2.35. The van der Waals surface area contributed by atoms with Crippen molar-refractivity contribution < 1.29 is 19.4 Å². The van der Waals surface area contributed by atoms with Crippen molar-refractivity contribution in [3.63, 3.8) is 0 Å². The largest absolute Gasteiger partial charge is 0.504 e. The predicted molar refractivity (Wildman–Crippen MR) is 79.5 cm³/mol. The van der Waals surface area contributed by atoms with Crippen molar-refractivity contribution in [1.29, 1.82) is 0 Å². The Labute approximate surface area is 124 Å². The van der Waals surface area contributed by atoms with Crippen LogP contribution in [0.25, 0.3) is 0 Å². The fourth-order valence-corrected chi connectivity index (χ4v) is 1.70. The summed E-state index contributed by atoms with van der Waals surface area (Å²) in [4.78, 5) is 23.5. The summed E-state index contributed by atoms with van der Waals surface area (Å²) in [5.41, 5.74) is 0.122. The maximum absolute atomic E-state index is 11.9. The van der Waals surface area contributed by atoms with E-state index in [0.717, 1.165) is 6.42 Å². The summed E-state index contributed by atoms with van der Waals surface area (Å²) in [7, 11) is 1.41. The second-order valence-corrected chi connectivity index (χ2v) is 4.74. The van der Waals surface area contributed by atoms with Crippen LogP contribution < -0.4 is 15.4 Å². The molecule has 0 saturated heterocycles. The van der Waals surface area contributed by atoms with E-state index in [2.05, 4.69) is 10.6 Å². The maximum atomic E-state index is 11.9. The van der Waals surface area contributed by atoms with Crippen molar-refractivity contribution in [2.24, 2.45) is 0 Å². The maximum Gasteiger partial charge on any atom is 0.255 e. The van der Waals surface area contributed by atoms with Crippen molar-refractivity contribution in [2.45, 2.75) is 32.7 Å². The Balaban J connectivity index is 2.50. The molecule has 0 aliphatic heterocycles. The van der Waals surface area contributed by atoms with Crippen LogP contribution in [-0.2, 0) is 4.79 Å². The topological polar surface area (TPSA) is 87.7 Å². The first-order valence-corrected chi connectivity index (χ1v) is 6.93. The molecule has 0 aliphatic rings. The summed E-state index contributed by atoms with van der Waals surface area (Å²) in [6.45, 7) is 4.11. The number of carbonyl (C=O) groups excluding carboxylic acids is 2. The van der Waals surface area contributed by atoms with Crippen molar-refractivity contribution in [2.75, 3.05) is 13.7 Å². The zero-order chi connectivity index (χ0) is 15.8. The quantitative estimate of drug-likeness (QED) is 0.710. The number of hydrogen-bond donors (Lipinski definition) is 3. The minimum Gasteiger partial charge on any atom is -0.504 e. The number of para-hydroxylation sites is 1. The molecule has 2 amide bonds. The first-order valence-electron chi connectivity index (χ1n) is 6.93. The smallest absolute Gasteiger partial charge is 0.255 e. The summed E-state index contributed by atoms with van der Waals surface area (Å²) in [5.74, 6) is -0.527. The Bertz CT molecular complexity index is 502. The standard InChI is InChI=1S/C15H22N2O4/c1-4-10(2)17-13(18)8-9-16-15(20)11-6-5-7-12(21-3)14(11)19/h5-7,10,19H,4,8-9H2,1-3H3,(H,16,20)(H,17,18). The Morgan fingerprint density at radius 1 is 1.38 bits per heavy atom. The van der Waals surface area contributed by atoms with Crippen LogP contribution in [0, 0.1) is 0 Å². The van der Waals surface area contributed by atoms with Crippen molar-refractivity contribution in [3.8, 4) is 11.5 Å². The number of aromatic hydroxyl groups is 1. The molecule has 3 N–H and O–H groups in total. The highest BCUT2D eigenvalue weighted by Crippen LogP contribution is 2.29. The van der Waals surface area contributed by atoms with Crippen LogP contribution in [0.15, 0.2) is 18.2 Å². The molecule has 21 heavy (non-hydrogen) atoms. The van der Waals surface area contributed by atoms with Crippen LogP contribution in [0.3, 0.4) is 0 Å². The highest BCUT2D eigenvalue weighted by atomic mass is 16.5. The molecule has 0 spiro atoms. The Morgan fingerprint density at radius 3 is 2.71 bits per heavy atom. The van der Waals surface area contributed by atoms with Gasteiger partial charge in [-0.1, -0.05) is 13.0 Å². The van der Waals surface area contributed by atoms with Gasteiger partial charge in [0.05, 0.1) is 12.7 Å². The van der Waals surface area contributed by atoms with Crippen LogP contribution in [0.1, 0.15) is 37.0 Å². The summed E-state index contributed by atoms with van der Waals surface area (Å²) in [6, 6.07) is 4.79. The molecule has 0 aliphatic carbocycles. The first kappa shape index (κ1) is 16.8. The van der Waals surface area contributed by atoms with Crippen LogP contribution in [0.4, 0.5) is 0 Å². The Morgan fingerprint density at radius 2 is 2.10 bits per heavy atom. The first-order chi connectivity index (χ1) is 9.99. The molecule has 0 fully saturated rings. The number of ether oxygens (including phenoxy) is 1. The van der Waals surface area contributed by atoms with Gasteiger partial charge in [0.1, 0.15) is 0 Å². The third-order valence-electron chi connectivity index (χ3n) is 3.12. The van der Waals surface area contributed by atoms with Gasteiger partial charge in [0.15, 0.2) is 11.5 Å². The van der Waals surface area contributed by atoms with Crippen LogP contribution in [0.2, 0.25) is 0 Å². The molecule has 0 heterocycles. The number of rotatable bonds is 7. The minimum absolute atomic E-state index is 0.112. The highest BCUT2D eigenvalue weighted by molar-refractivity contribution is 5.97. The summed E-state index contributed by atoms with van der Waals surface area (Å²) in [6.07, 6.45) is 1.05. The molecule has 1 aromatic rings. The molecule has 6 nitrogen and oxygen atoms in total. The Kier molecular flexibility index (Phi) is 6.52. The van der Waals surface area contributed by atoms with Crippen molar-refractivity contribution in [1.82, 2.24) is 10.6 Å². The zero-order valence-corrected chi connectivity index (χ0v) is 12.6. The third-order valence-corrected chi connectivity index (χ3v) is 3.12. The van der Waals surface area contributed by atoms with Crippen LogP contribution in [0.5, 0.6) is 11.5 Å². The van der Waals surface area contributed by atoms with Gasteiger partial charge in [-0.25, -0.2) is 0 Å². The second kappa shape index (κ2) is 8.14. The van der Waals surface area contributed by atoms with E-state index in [1.54, 1.807) is 12.1 Å². The summed E-state index contributed by atoms with van der Waals surface area (Å²) >= 11 is 0. The second-order valence-electron chi connectivity index (χ2n) is 4.74. The van der Waals surface area contributed by atoms with Gasteiger partial charge >= 0.3 is 0 Å². The van der Waals surface area contributed by atoms with Gasteiger partial charge in [-0.15, -0.1) is 0 Å². The molecule has 0 aromatic heterocycles. The highest BCUT2D eigenvalue weighted by Gasteiger charge is 2.14. The van der Waals surface area contributed by atoms with Gasteiger partial charge < -0.3 is 20.5 Å². The molecule has 1 rings (SSSR count). The van der Waals surface area contributed by atoms with Crippen molar-refractivity contribution in [3.05, 3.63) is 23.8 Å². The van der Waals surface area contributed by atoms with Gasteiger partial charge in [-0.3, -0.25) is 9.59 Å². The number of phenols is 1. The fourth-order valence-electron chi connectivity index (χ4n) is 1.70. The van der Waals surface area contributed by atoms with Crippen molar-refractivity contribution >= 4 is 11.8 Å². The van der Waals surface area contributed by atoms with E-state index < -0.39 is 5.91 Å². The monoisotopic (exact) mass is 294 g/mol. The molecular formula is C15H22N2O4. The molecule has 1 aromatic carbocycles. The molecule has 0 bridgehead atoms. The predicted octanol–water partition coefficient (Wildman–Crippen LogP) is 1.44. The minimum atomic E-state index is -0.442. The fraction of sp³-hybridized carbons (Fsp3) is 0.467. The van der Waals surface area contributed by atoms with Crippen LogP contribution in [-0.4, -0.2) is 36.6 Å². The molecule has 6 heteroatoms. The number of amides is 2. The van der Waals surface area contributed by atoms with Gasteiger partial charge in [-0.2, -0.15) is 0 Å². The van der Waals surface area contributed by atoms with E-state index in [-0.39, 0.29) is 42.0 Å². The number of methoxy groups -OCH3 is 1. The van der Waals surface area contributed by atoms with Gasteiger partial charge in [0.2, 0.25) is 5.91 Å². The lowest BCUT2D eigenvalue weighted by molar-refractivity contribution is -0.121. The van der Waals surface area contributed by atoms with Gasteiger partial charge in [0.25, 0.3) is 5.91 Å². The number of benzene rings is 1. The summed E-state index contributed by atoms with van der Waals surface area (Å²) < 4.78 is 4.94. The number of phenolic OH excluding ortho intramolecular Hbond substituents is 1. The van der Waals surface area contributed by atoms with Gasteiger partial charge in [0, 0.05) is 19.0 Å². The van der Waals surface area contributed by atoms with E-state index in [4.69, 9.17) is 4.74 Å². The average Bonchev–Trinajstić information content (AvgIpc) is 2.47. The lowest BCUT2D eigenvalue weighted by Gasteiger charge is -2.12. The number of nitrogens with one attached hydrogen (secondary N) is 2. The molecule has 116 valence electrons. The molecule has 1 unspecified atom stereocenters. The average molecular weight is 294 g/mol. The number of hydrogen-bond acceptors (Lipinski definition) is 4. The van der Waals surface area contributed by atoms with E-state index in [1.165, 1.54) is 13.2 Å². The van der Waals surface area contributed by atoms with E-state index >= 15 is 0 Å². The lowest BCUT2D eigenvalue weighted by atomic mass is 10.1. The molecule has 0 saturated carbocycles. The number of carbonyl (C=O) groups is 2. The third kappa shape index (κ3) is 4.98. The zero-order valence-electron chi connectivity index (χ0n) is 12.6. The summed E-state index contributed by atoms with van der Waals surface area (Å²) in [5, 5.41) is 15.3. The van der Waals surface area contributed by atoms with Gasteiger partial charge in [-0.05, 0) is 25.5 Å². The van der Waals surface area contributed by atoms with Crippen LogP contribution >= 0.6 is 0 Å². The van der Waals surface area contributed by atoms with E-state index in [1.807, 2.05) is 13.8 Å².